The van der Waals surface area contributed by atoms with Gasteiger partial charge >= 0.3 is 0 Å². The van der Waals surface area contributed by atoms with Crippen LogP contribution < -0.4 is 10.6 Å². The van der Waals surface area contributed by atoms with Crippen LogP contribution in [0.4, 0.5) is 0 Å². The molecule has 28 heavy (non-hydrogen) atoms. The molecule has 1 saturated heterocycles. The SMILES string of the molecule is CCNC(=NCCN1CCN(C(=O)C2CCC2)CC1)NCCc1csc(C)n1. The first-order chi connectivity index (χ1) is 13.7. The van der Waals surface area contributed by atoms with Gasteiger partial charge in [0.15, 0.2) is 5.96 Å². The standard InChI is InChI=1S/C20H34N6OS/c1-3-21-20(22-8-7-18-15-28-16(2)24-18)23-9-10-25-11-13-26(14-12-25)19(27)17-5-4-6-17/h15,17H,3-14H2,1-2H3,(H2,21,22,23). The smallest absolute Gasteiger partial charge is 0.225 e. The fourth-order valence-corrected chi connectivity index (χ4v) is 4.23. The van der Waals surface area contributed by atoms with E-state index in [0.717, 1.165) is 88.3 Å². The van der Waals surface area contributed by atoms with Gasteiger partial charge in [0.2, 0.25) is 5.91 Å². The fourth-order valence-electron chi connectivity index (χ4n) is 3.58. The predicted octanol–water partition coefficient (Wildman–Crippen LogP) is 1.49. The third kappa shape index (κ3) is 6.17. The first-order valence-electron chi connectivity index (χ1n) is 10.6. The highest BCUT2D eigenvalue weighted by molar-refractivity contribution is 7.09. The number of hydrogen-bond acceptors (Lipinski definition) is 5. The van der Waals surface area contributed by atoms with E-state index in [1.807, 2.05) is 6.92 Å². The van der Waals surface area contributed by atoms with Crippen LogP contribution in [-0.4, -0.2) is 79.0 Å². The van der Waals surface area contributed by atoms with E-state index in [-0.39, 0.29) is 0 Å². The zero-order valence-corrected chi connectivity index (χ0v) is 18.1. The van der Waals surface area contributed by atoms with Gasteiger partial charge in [-0.15, -0.1) is 11.3 Å². The second kappa shape index (κ2) is 10.8. The molecule has 1 aromatic rings. The van der Waals surface area contributed by atoms with Crippen molar-refractivity contribution >= 4 is 23.2 Å². The molecular formula is C20H34N6OS. The summed E-state index contributed by atoms with van der Waals surface area (Å²) in [6.45, 7) is 11.2. The highest BCUT2D eigenvalue weighted by Crippen LogP contribution is 2.28. The molecule has 1 aliphatic heterocycles. The number of nitrogens with zero attached hydrogens (tertiary/aromatic N) is 4. The quantitative estimate of drug-likeness (QED) is 0.506. The number of piperazine rings is 1. The number of carbonyl (C=O) groups is 1. The number of thiazole rings is 1. The van der Waals surface area contributed by atoms with Crippen LogP contribution in [0.25, 0.3) is 0 Å². The Morgan fingerprint density at radius 2 is 2.07 bits per heavy atom. The summed E-state index contributed by atoms with van der Waals surface area (Å²) >= 11 is 1.70. The Morgan fingerprint density at radius 1 is 1.29 bits per heavy atom. The molecule has 0 aromatic carbocycles. The average molecular weight is 407 g/mol. The lowest BCUT2D eigenvalue weighted by Gasteiger charge is -2.38. The Labute approximate surface area is 172 Å². The van der Waals surface area contributed by atoms with E-state index < -0.39 is 0 Å². The van der Waals surface area contributed by atoms with Crippen LogP contribution in [0, 0.1) is 12.8 Å². The normalized spacial score (nSPS) is 18.8. The molecule has 0 unspecified atom stereocenters. The summed E-state index contributed by atoms with van der Waals surface area (Å²) in [5.41, 5.74) is 1.14. The molecule has 0 radical (unpaired) electrons. The monoisotopic (exact) mass is 406 g/mol. The van der Waals surface area contributed by atoms with E-state index in [4.69, 9.17) is 4.99 Å². The Bertz CT molecular complexity index is 649. The van der Waals surface area contributed by atoms with Gasteiger partial charge in [-0.3, -0.25) is 14.7 Å². The molecule has 2 aliphatic rings. The van der Waals surface area contributed by atoms with E-state index >= 15 is 0 Å². The Morgan fingerprint density at radius 3 is 2.68 bits per heavy atom. The molecule has 1 amide bonds. The molecule has 3 rings (SSSR count). The summed E-state index contributed by atoms with van der Waals surface area (Å²) < 4.78 is 0. The van der Waals surface area contributed by atoms with E-state index in [9.17, 15) is 4.79 Å². The van der Waals surface area contributed by atoms with Crippen LogP contribution >= 0.6 is 11.3 Å². The molecule has 1 saturated carbocycles. The van der Waals surface area contributed by atoms with Gasteiger partial charge in [0.1, 0.15) is 0 Å². The minimum atomic E-state index is 0.318. The first kappa shape index (κ1) is 21.0. The molecule has 156 valence electrons. The first-order valence-corrected chi connectivity index (χ1v) is 11.5. The zero-order valence-electron chi connectivity index (χ0n) is 17.2. The van der Waals surface area contributed by atoms with E-state index in [1.54, 1.807) is 11.3 Å². The Balaban J connectivity index is 1.34. The van der Waals surface area contributed by atoms with Gasteiger partial charge < -0.3 is 15.5 Å². The molecule has 1 aliphatic carbocycles. The summed E-state index contributed by atoms with van der Waals surface area (Å²) in [5.74, 6) is 1.57. The number of nitrogens with one attached hydrogen (secondary N) is 2. The third-order valence-electron chi connectivity index (χ3n) is 5.51. The molecule has 7 nitrogen and oxygen atoms in total. The molecule has 0 atom stereocenters. The molecule has 8 heteroatoms. The lowest BCUT2D eigenvalue weighted by molar-refractivity contribution is -0.139. The molecule has 2 N–H and O–H groups in total. The number of aryl methyl sites for hydroxylation is 1. The predicted molar refractivity (Wildman–Crippen MR) is 115 cm³/mol. The van der Waals surface area contributed by atoms with Crippen LogP contribution in [0.2, 0.25) is 0 Å². The van der Waals surface area contributed by atoms with Gasteiger partial charge in [-0.1, -0.05) is 6.42 Å². The molecule has 2 fully saturated rings. The molecule has 0 spiro atoms. The van der Waals surface area contributed by atoms with Gasteiger partial charge in [0.25, 0.3) is 0 Å². The van der Waals surface area contributed by atoms with Gasteiger partial charge in [-0.25, -0.2) is 4.98 Å². The average Bonchev–Trinajstić information content (AvgIpc) is 3.06. The number of aliphatic imine (C=N–C) groups is 1. The van der Waals surface area contributed by atoms with Crippen molar-refractivity contribution in [1.29, 1.82) is 0 Å². The number of guanidine groups is 1. The molecule has 0 bridgehead atoms. The lowest BCUT2D eigenvalue weighted by atomic mass is 9.84. The summed E-state index contributed by atoms with van der Waals surface area (Å²) in [5, 5.41) is 9.94. The Kier molecular flexibility index (Phi) is 8.09. The van der Waals surface area contributed by atoms with Gasteiger partial charge in [-0.05, 0) is 26.7 Å². The second-order valence-corrected chi connectivity index (χ2v) is 8.65. The van der Waals surface area contributed by atoms with Crippen LogP contribution in [0.5, 0.6) is 0 Å². The number of aromatic nitrogens is 1. The number of amides is 1. The van der Waals surface area contributed by atoms with Gasteiger partial charge in [0, 0.05) is 63.5 Å². The highest BCUT2D eigenvalue weighted by Gasteiger charge is 2.30. The maximum absolute atomic E-state index is 12.3. The summed E-state index contributed by atoms with van der Waals surface area (Å²) in [7, 11) is 0. The van der Waals surface area contributed by atoms with Crippen molar-refractivity contribution in [3.05, 3.63) is 16.1 Å². The van der Waals surface area contributed by atoms with Crippen molar-refractivity contribution in [3.8, 4) is 0 Å². The van der Waals surface area contributed by atoms with Crippen molar-refractivity contribution in [2.24, 2.45) is 10.9 Å². The van der Waals surface area contributed by atoms with E-state index in [1.165, 1.54) is 6.42 Å². The topological polar surface area (TPSA) is 72.9 Å². The van der Waals surface area contributed by atoms with Gasteiger partial charge in [0.05, 0.1) is 17.2 Å². The maximum atomic E-state index is 12.3. The zero-order chi connectivity index (χ0) is 19.8. The highest BCUT2D eigenvalue weighted by atomic mass is 32.1. The lowest BCUT2D eigenvalue weighted by Crippen LogP contribution is -2.51. The minimum Gasteiger partial charge on any atom is -0.357 e. The third-order valence-corrected chi connectivity index (χ3v) is 6.33. The number of hydrogen-bond donors (Lipinski definition) is 2. The fraction of sp³-hybridized carbons (Fsp3) is 0.750. The van der Waals surface area contributed by atoms with E-state index in [2.05, 4.69) is 37.7 Å². The van der Waals surface area contributed by atoms with Crippen LogP contribution in [0.15, 0.2) is 10.4 Å². The molecule has 1 aromatic heterocycles. The minimum absolute atomic E-state index is 0.318. The number of carbonyl (C=O) groups excluding carboxylic acids is 1. The van der Waals surface area contributed by atoms with Crippen molar-refractivity contribution in [1.82, 2.24) is 25.4 Å². The second-order valence-electron chi connectivity index (χ2n) is 7.59. The maximum Gasteiger partial charge on any atom is 0.225 e. The molecular weight excluding hydrogens is 372 g/mol. The Hall–Kier alpha value is -1.67. The summed E-state index contributed by atoms with van der Waals surface area (Å²) in [4.78, 5) is 26.0. The summed E-state index contributed by atoms with van der Waals surface area (Å²) in [6, 6.07) is 0. The van der Waals surface area contributed by atoms with Crippen molar-refractivity contribution in [2.45, 2.75) is 39.5 Å². The van der Waals surface area contributed by atoms with E-state index in [0.29, 0.717) is 11.8 Å². The van der Waals surface area contributed by atoms with Gasteiger partial charge in [-0.2, -0.15) is 0 Å². The van der Waals surface area contributed by atoms with Crippen molar-refractivity contribution < 1.29 is 4.79 Å². The van der Waals surface area contributed by atoms with Crippen molar-refractivity contribution in [2.75, 3.05) is 52.4 Å². The van der Waals surface area contributed by atoms with Crippen molar-refractivity contribution in [3.63, 3.8) is 0 Å². The molecule has 2 heterocycles. The van der Waals surface area contributed by atoms with Crippen LogP contribution in [-0.2, 0) is 11.2 Å². The van der Waals surface area contributed by atoms with Crippen LogP contribution in [0.1, 0.15) is 36.9 Å². The number of rotatable bonds is 8. The van der Waals surface area contributed by atoms with Crippen LogP contribution in [0.3, 0.4) is 0 Å². The summed E-state index contributed by atoms with van der Waals surface area (Å²) in [6.07, 6.45) is 4.32. The largest absolute Gasteiger partial charge is 0.357 e.